The lowest BCUT2D eigenvalue weighted by atomic mass is 10.1. The van der Waals surface area contributed by atoms with E-state index in [0.29, 0.717) is 23.7 Å². The van der Waals surface area contributed by atoms with Crippen molar-refractivity contribution >= 4 is 11.9 Å². The lowest BCUT2D eigenvalue weighted by molar-refractivity contribution is -0.225. The smallest absolute Gasteiger partial charge is 0.452 e. The highest BCUT2D eigenvalue weighted by molar-refractivity contribution is 6.02. The molecule has 0 bridgehead atoms. The number of esters is 2. The summed E-state index contributed by atoms with van der Waals surface area (Å²) in [6.07, 6.45) is 10.8. The fourth-order valence-electron chi connectivity index (χ4n) is 3.81. The maximum Gasteiger partial charge on any atom is 0.452 e. The molecule has 0 aromatic heterocycles. The maximum atomic E-state index is 12.8. The third-order valence-corrected chi connectivity index (χ3v) is 5.89. The summed E-state index contributed by atoms with van der Waals surface area (Å²) in [5.74, 6) is -1.96. The van der Waals surface area contributed by atoms with E-state index in [1.807, 2.05) is 0 Å². The van der Waals surface area contributed by atoms with E-state index in [9.17, 15) is 9.59 Å². The number of carbonyl (C=O) groups is 2. The van der Waals surface area contributed by atoms with Crippen LogP contribution in [0.3, 0.4) is 0 Å². The summed E-state index contributed by atoms with van der Waals surface area (Å²) in [7, 11) is 0. The molecule has 0 radical (unpaired) electrons. The molecule has 136 valence electrons. The van der Waals surface area contributed by atoms with Crippen LogP contribution in [-0.4, -0.2) is 29.9 Å². The van der Waals surface area contributed by atoms with Crippen LogP contribution in [0.4, 0.5) is 0 Å². The fourth-order valence-corrected chi connectivity index (χ4v) is 3.81. The molecule has 0 unspecified atom stereocenters. The SMILES string of the molecule is O=C(OC(C1CC1)C1CC1)C1(C(=O)OC(C2CC2)C2CC2)OC=CO1. The Bertz CT molecular complexity index is 521. The summed E-state index contributed by atoms with van der Waals surface area (Å²) >= 11 is 0. The van der Waals surface area contributed by atoms with Crippen LogP contribution >= 0.6 is 0 Å². The van der Waals surface area contributed by atoms with Gasteiger partial charge in [0.15, 0.2) is 0 Å². The van der Waals surface area contributed by atoms with E-state index in [2.05, 4.69) is 0 Å². The first kappa shape index (κ1) is 15.5. The van der Waals surface area contributed by atoms with Crippen molar-refractivity contribution in [2.45, 2.75) is 69.4 Å². The first-order chi connectivity index (χ1) is 12.2. The predicted octanol–water partition coefficient (Wildman–Crippen LogP) is 2.66. The molecule has 0 atom stereocenters. The van der Waals surface area contributed by atoms with Crippen molar-refractivity contribution in [3.63, 3.8) is 0 Å². The van der Waals surface area contributed by atoms with Crippen LogP contribution < -0.4 is 0 Å². The third-order valence-electron chi connectivity index (χ3n) is 5.89. The van der Waals surface area contributed by atoms with Crippen molar-refractivity contribution in [2.75, 3.05) is 0 Å². The Balaban J connectivity index is 1.29. The van der Waals surface area contributed by atoms with E-state index < -0.39 is 17.7 Å². The quantitative estimate of drug-likeness (QED) is 0.496. The van der Waals surface area contributed by atoms with Gasteiger partial charge in [-0.05, 0) is 75.0 Å². The summed E-state index contributed by atoms with van der Waals surface area (Å²) in [6.45, 7) is 0. The van der Waals surface area contributed by atoms with Crippen LogP contribution in [0.25, 0.3) is 0 Å². The Labute approximate surface area is 146 Å². The van der Waals surface area contributed by atoms with E-state index in [4.69, 9.17) is 18.9 Å². The molecule has 4 fully saturated rings. The van der Waals surface area contributed by atoms with Crippen molar-refractivity contribution in [2.24, 2.45) is 23.7 Å². The van der Waals surface area contributed by atoms with Gasteiger partial charge in [-0.15, -0.1) is 0 Å². The Morgan fingerprint density at radius 3 is 1.32 bits per heavy atom. The predicted molar refractivity (Wildman–Crippen MR) is 84.7 cm³/mol. The normalized spacial score (nSPS) is 27.1. The molecule has 0 N–H and O–H groups in total. The lowest BCUT2D eigenvalue weighted by Crippen LogP contribution is -2.52. The Morgan fingerprint density at radius 1 is 0.720 bits per heavy atom. The van der Waals surface area contributed by atoms with Gasteiger partial charge in [-0.3, -0.25) is 0 Å². The number of hydrogen-bond donors (Lipinski definition) is 0. The Hall–Kier alpha value is -1.72. The molecule has 5 aliphatic rings. The van der Waals surface area contributed by atoms with Crippen molar-refractivity contribution in [3.05, 3.63) is 12.5 Å². The Kier molecular flexibility index (Phi) is 3.51. The summed E-state index contributed by atoms with van der Waals surface area (Å²) < 4.78 is 22.1. The molecular weight excluding hydrogens is 324 g/mol. The van der Waals surface area contributed by atoms with E-state index >= 15 is 0 Å². The Morgan fingerprint density at radius 2 is 1.04 bits per heavy atom. The van der Waals surface area contributed by atoms with Gasteiger partial charge in [-0.1, -0.05) is 0 Å². The van der Waals surface area contributed by atoms with Gasteiger partial charge in [-0.2, -0.15) is 0 Å². The lowest BCUT2D eigenvalue weighted by Gasteiger charge is -2.28. The first-order valence-electron chi connectivity index (χ1n) is 9.60. The van der Waals surface area contributed by atoms with E-state index in [0.717, 1.165) is 51.4 Å². The fraction of sp³-hybridized carbons (Fsp3) is 0.789. The zero-order chi connectivity index (χ0) is 17.0. The second kappa shape index (κ2) is 5.64. The molecule has 0 aromatic carbocycles. The molecule has 1 heterocycles. The molecule has 0 saturated heterocycles. The summed E-state index contributed by atoms with van der Waals surface area (Å²) in [5, 5.41) is 0. The van der Waals surface area contributed by atoms with E-state index in [1.165, 1.54) is 12.5 Å². The molecule has 6 nitrogen and oxygen atoms in total. The molecule has 0 spiro atoms. The number of rotatable bonds is 8. The topological polar surface area (TPSA) is 71.1 Å². The van der Waals surface area contributed by atoms with Crippen molar-refractivity contribution in [3.8, 4) is 0 Å². The van der Waals surface area contributed by atoms with Crippen LogP contribution in [-0.2, 0) is 28.5 Å². The minimum Gasteiger partial charge on any atom is -0.456 e. The third kappa shape index (κ3) is 3.00. The average molecular weight is 348 g/mol. The minimum atomic E-state index is -2.11. The van der Waals surface area contributed by atoms with Crippen LogP contribution in [0.1, 0.15) is 51.4 Å². The minimum absolute atomic E-state index is 0.118. The standard InChI is InChI=1S/C19H24O6/c20-17(24-15(11-1-2-11)12-3-4-12)19(22-9-10-23-19)18(21)25-16(13-5-6-13)14-7-8-14/h9-16H,1-8H2. The van der Waals surface area contributed by atoms with Gasteiger partial charge >= 0.3 is 17.7 Å². The zero-order valence-electron chi connectivity index (χ0n) is 14.2. The number of hydrogen-bond acceptors (Lipinski definition) is 6. The van der Waals surface area contributed by atoms with Crippen LogP contribution in [0.2, 0.25) is 0 Å². The molecule has 0 amide bonds. The van der Waals surface area contributed by atoms with Gasteiger partial charge < -0.3 is 18.9 Å². The monoisotopic (exact) mass is 348 g/mol. The van der Waals surface area contributed by atoms with Gasteiger partial charge in [-0.25, -0.2) is 9.59 Å². The summed E-state index contributed by atoms with van der Waals surface area (Å²) in [6, 6.07) is 0. The number of ether oxygens (including phenoxy) is 4. The maximum absolute atomic E-state index is 12.8. The second-order valence-corrected chi connectivity index (χ2v) is 8.21. The highest BCUT2D eigenvalue weighted by atomic mass is 16.8. The summed E-state index contributed by atoms with van der Waals surface area (Å²) in [4.78, 5) is 25.6. The molecule has 25 heavy (non-hydrogen) atoms. The van der Waals surface area contributed by atoms with Crippen LogP contribution in [0.15, 0.2) is 12.5 Å². The largest absolute Gasteiger partial charge is 0.456 e. The van der Waals surface area contributed by atoms with Crippen molar-refractivity contribution in [1.82, 2.24) is 0 Å². The number of carbonyl (C=O) groups excluding carboxylic acids is 2. The van der Waals surface area contributed by atoms with Crippen LogP contribution in [0, 0.1) is 23.7 Å². The molecule has 5 rings (SSSR count). The van der Waals surface area contributed by atoms with Gasteiger partial charge in [0.25, 0.3) is 0 Å². The highest BCUT2D eigenvalue weighted by Gasteiger charge is 2.60. The highest BCUT2D eigenvalue weighted by Crippen LogP contribution is 2.48. The van der Waals surface area contributed by atoms with Gasteiger partial charge in [0.05, 0.1) is 0 Å². The zero-order valence-corrected chi connectivity index (χ0v) is 14.2. The van der Waals surface area contributed by atoms with E-state index in [-0.39, 0.29) is 12.2 Å². The molecule has 4 aliphatic carbocycles. The molecular formula is C19H24O6. The molecule has 0 aromatic rings. The second-order valence-electron chi connectivity index (χ2n) is 8.21. The van der Waals surface area contributed by atoms with E-state index in [1.54, 1.807) is 0 Å². The molecule has 6 heteroatoms. The van der Waals surface area contributed by atoms with Gasteiger partial charge in [0.2, 0.25) is 0 Å². The van der Waals surface area contributed by atoms with Crippen molar-refractivity contribution in [1.29, 1.82) is 0 Å². The molecule has 1 aliphatic heterocycles. The van der Waals surface area contributed by atoms with Gasteiger partial charge in [0, 0.05) is 0 Å². The van der Waals surface area contributed by atoms with Crippen molar-refractivity contribution < 1.29 is 28.5 Å². The molecule has 4 saturated carbocycles. The van der Waals surface area contributed by atoms with Crippen LogP contribution in [0.5, 0.6) is 0 Å². The average Bonchev–Trinajstić information content (AvgIpc) is 3.47. The first-order valence-corrected chi connectivity index (χ1v) is 9.60. The van der Waals surface area contributed by atoms with Gasteiger partial charge in [0.1, 0.15) is 24.7 Å². The summed E-state index contributed by atoms with van der Waals surface area (Å²) in [5.41, 5.74) is 0.